The average molecular weight is 373 g/mol. The maximum Gasteiger partial charge on any atom is 0.256 e. The van der Waals surface area contributed by atoms with E-state index in [9.17, 15) is 4.79 Å². The Morgan fingerprint density at radius 1 is 1.07 bits per heavy atom. The second-order valence-electron chi connectivity index (χ2n) is 6.90. The number of aliphatic hydroxyl groups excluding tert-OH is 1. The van der Waals surface area contributed by atoms with Crippen molar-refractivity contribution in [2.24, 2.45) is 0 Å². The van der Waals surface area contributed by atoms with Crippen LogP contribution in [0.5, 0.6) is 0 Å². The fraction of sp³-hybridized carbons (Fsp3) is 0.190. The number of benzene rings is 1. The van der Waals surface area contributed by atoms with Crippen LogP contribution in [-0.2, 0) is 19.6 Å². The zero-order valence-corrected chi connectivity index (χ0v) is 15.2. The lowest BCUT2D eigenvalue weighted by molar-refractivity contribution is 0.0747. The maximum atomic E-state index is 13.0. The third-order valence-corrected chi connectivity index (χ3v) is 5.10. The molecule has 0 saturated carbocycles. The van der Waals surface area contributed by atoms with E-state index in [4.69, 9.17) is 5.11 Å². The quantitative estimate of drug-likeness (QED) is 0.596. The van der Waals surface area contributed by atoms with E-state index in [1.54, 1.807) is 15.8 Å². The predicted octanol–water partition coefficient (Wildman–Crippen LogP) is 2.35. The molecule has 1 N–H and O–H groups in total. The highest BCUT2D eigenvalue weighted by atomic mass is 16.3. The van der Waals surface area contributed by atoms with Gasteiger partial charge >= 0.3 is 0 Å². The first-order valence-corrected chi connectivity index (χ1v) is 9.21. The van der Waals surface area contributed by atoms with Crippen LogP contribution in [0, 0.1) is 0 Å². The fourth-order valence-electron chi connectivity index (χ4n) is 3.69. The van der Waals surface area contributed by atoms with Crippen LogP contribution in [0.4, 0.5) is 0 Å². The van der Waals surface area contributed by atoms with Crippen molar-refractivity contribution in [3.05, 3.63) is 77.9 Å². The standard InChI is InChI=1S/C21H19N5O2/c27-9-8-26-19-14-25(12-17(19)10-22-26)21(28)16-6-7-20-23-18(13-24(20)11-16)15-4-2-1-3-5-15/h1-7,10-11,13,27H,8-9,12,14H2. The first-order valence-electron chi connectivity index (χ1n) is 9.21. The maximum absolute atomic E-state index is 13.0. The molecule has 1 aromatic carbocycles. The normalized spacial score (nSPS) is 13.2. The molecule has 3 aromatic heterocycles. The summed E-state index contributed by atoms with van der Waals surface area (Å²) in [5.41, 5.74) is 5.38. The lowest BCUT2D eigenvalue weighted by Crippen LogP contribution is -2.26. The molecule has 0 atom stereocenters. The SMILES string of the molecule is O=C(c1ccc2nc(-c3ccccc3)cn2c1)N1Cc2cnn(CCO)c2C1. The summed E-state index contributed by atoms with van der Waals surface area (Å²) < 4.78 is 3.67. The first-order chi connectivity index (χ1) is 13.7. The molecule has 1 amide bonds. The topological polar surface area (TPSA) is 75.7 Å². The molecule has 5 rings (SSSR count). The molecule has 0 radical (unpaired) electrons. The van der Waals surface area contributed by atoms with Crippen LogP contribution in [0.15, 0.2) is 61.1 Å². The van der Waals surface area contributed by atoms with E-state index < -0.39 is 0 Å². The molecule has 0 saturated heterocycles. The monoisotopic (exact) mass is 373 g/mol. The first kappa shape index (κ1) is 16.7. The van der Waals surface area contributed by atoms with Crippen LogP contribution < -0.4 is 0 Å². The van der Waals surface area contributed by atoms with E-state index in [0.29, 0.717) is 25.2 Å². The lowest BCUT2D eigenvalue weighted by atomic mass is 10.2. The molecule has 140 valence electrons. The lowest BCUT2D eigenvalue weighted by Gasteiger charge is -2.16. The Morgan fingerprint density at radius 3 is 2.75 bits per heavy atom. The minimum absolute atomic E-state index is 0.0244. The third kappa shape index (κ3) is 2.76. The van der Waals surface area contributed by atoms with Crippen LogP contribution >= 0.6 is 0 Å². The van der Waals surface area contributed by atoms with E-state index in [1.165, 1.54) is 0 Å². The number of imidazole rings is 1. The Labute approximate surface area is 161 Å². The van der Waals surface area contributed by atoms with Gasteiger partial charge < -0.3 is 14.4 Å². The molecule has 28 heavy (non-hydrogen) atoms. The zero-order valence-electron chi connectivity index (χ0n) is 15.2. The van der Waals surface area contributed by atoms with Gasteiger partial charge in [-0.3, -0.25) is 9.48 Å². The summed E-state index contributed by atoms with van der Waals surface area (Å²) in [4.78, 5) is 19.5. The van der Waals surface area contributed by atoms with Gasteiger partial charge in [-0.2, -0.15) is 5.10 Å². The van der Waals surface area contributed by atoms with Gasteiger partial charge in [0.1, 0.15) is 5.65 Å². The number of pyridine rings is 1. The largest absolute Gasteiger partial charge is 0.394 e. The van der Waals surface area contributed by atoms with Crippen molar-refractivity contribution >= 4 is 11.6 Å². The molecule has 1 aliphatic heterocycles. The van der Waals surface area contributed by atoms with E-state index in [0.717, 1.165) is 28.2 Å². The minimum atomic E-state index is -0.0244. The molecule has 7 nitrogen and oxygen atoms in total. The number of rotatable bonds is 4. The molecule has 4 heterocycles. The average Bonchev–Trinajstić information content (AvgIpc) is 3.43. The third-order valence-electron chi connectivity index (χ3n) is 5.10. The molecule has 0 spiro atoms. The molecule has 7 heteroatoms. The summed E-state index contributed by atoms with van der Waals surface area (Å²) in [6, 6.07) is 13.7. The highest BCUT2D eigenvalue weighted by Crippen LogP contribution is 2.25. The number of carbonyl (C=O) groups is 1. The number of carbonyl (C=O) groups excluding carboxylic acids is 1. The van der Waals surface area contributed by atoms with Crippen molar-refractivity contribution < 1.29 is 9.90 Å². The molecule has 1 aliphatic rings. The van der Waals surface area contributed by atoms with Crippen LogP contribution in [0.3, 0.4) is 0 Å². The number of hydrogen-bond acceptors (Lipinski definition) is 4. The Hall–Kier alpha value is -3.45. The number of aromatic nitrogens is 4. The summed E-state index contributed by atoms with van der Waals surface area (Å²) in [5.74, 6) is -0.0244. The van der Waals surface area contributed by atoms with E-state index in [-0.39, 0.29) is 12.5 Å². The zero-order chi connectivity index (χ0) is 19.1. The van der Waals surface area contributed by atoms with Crippen molar-refractivity contribution in [2.75, 3.05) is 6.61 Å². The van der Waals surface area contributed by atoms with Gasteiger partial charge in [-0.25, -0.2) is 4.98 Å². The van der Waals surface area contributed by atoms with Gasteiger partial charge in [0, 0.05) is 30.1 Å². The molecule has 4 aromatic rings. The van der Waals surface area contributed by atoms with Crippen molar-refractivity contribution in [2.45, 2.75) is 19.6 Å². The van der Waals surface area contributed by atoms with Crippen molar-refractivity contribution in [3.63, 3.8) is 0 Å². The number of hydrogen-bond donors (Lipinski definition) is 1. The van der Waals surface area contributed by atoms with Gasteiger partial charge in [-0.05, 0) is 12.1 Å². The summed E-state index contributed by atoms with van der Waals surface area (Å²) in [7, 11) is 0. The van der Waals surface area contributed by atoms with Crippen LogP contribution in [0.1, 0.15) is 21.6 Å². The molecule has 0 bridgehead atoms. The number of nitrogens with zero attached hydrogens (tertiary/aromatic N) is 5. The molecular formula is C21H19N5O2. The molecule has 0 fully saturated rings. The second kappa shape index (κ2) is 6.61. The van der Waals surface area contributed by atoms with Gasteiger partial charge in [-0.15, -0.1) is 0 Å². The van der Waals surface area contributed by atoms with Gasteiger partial charge in [0.05, 0.1) is 42.8 Å². The van der Waals surface area contributed by atoms with Crippen molar-refractivity contribution in [1.82, 2.24) is 24.1 Å². The summed E-state index contributed by atoms with van der Waals surface area (Å²) >= 11 is 0. The fourth-order valence-corrected chi connectivity index (χ4v) is 3.69. The number of amides is 1. The Kier molecular flexibility index (Phi) is 3.95. The summed E-state index contributed by atoms with van der Waals surface area (Å²) in [5, 5.41) is 13.4. The van der Waals surface area contributed by atoms with Gasteiger partial charge in [0.25, 0.3) is 5.91 Å². The second-order valence-corrected chi connectivity index (χ2v) is 6.90. The highest BCUT2D eigenvalue weighted by molar-refractivity contribution is 5.94. The van der Waals surface area contributed by atoms with Gasteiger partial charge in [0.15, 0.2) is 0 Å². The van der Waals surface area contributed by atoms with Crippen LogP contribution in [0.25, 0.3) is 16.9 Å². The minimum Gasteiger partial charge on any atom is -0.394 e. The van der Waals surface area contributed by atoms with Gasteiger partial charge in [-0.1, -0.05) is 30.3 Å². The Balaban J connectivity index is 1.41. The number of aliphatic hydroxyl groups is 1. The van der Waals surface area contributed by atoms with E-state index in [2.05, 4.69) is 10.1 Å². The molecule has 0 aliphatic carbocycles. The Bertz CT molecular complexity index is 1160. The smallest absolute Gasteiger partial charge is 0.256 e. The predicted molar refractivity (Wildman–Crippen MR) is 104 cm³/mol. The van der Waals surface area contributed by atoms with E-state index in [1.807, 2.05) is 59.3 Å². The number of fused-ring (bicyclic) bond motifs is 2. The van der Waals surface area contributed by atoms with Crippen LogP contribution in [0.2, 0.25) is 0 Å². The van der Waals surface area contributed by atoms with E-state index >= 15 is 0 Å². The van der Waals surface area contributed by atoms with Crippen molar-refractivity contribution in [3.8, 4) is 11.3 Å². The van der Waals surface area contributed by atoms with Gasteiger partial charge in [0.2, 0.25) is 0 Å². The summed E-state index contributed by atoms with van der Waals surface area (Å²) in [6.45, 7) is 1.52. The summed E-state index contributed by atoms with van der Waals surface area (Å²) in [6.07, 6.45) is 5.56. The Morgan fingerprint density at radius 2 is 1.93 bits per heavy atom. The highest BCUT2D eigenvalue weighted by Gasteiger charge is 2.28. The molecular weight excluding hydrogens is 354 g/mol. The van der Waals surface area contributed by atoms with Crippen molar-refractivity contribution in [1.29, 1.82) is 0 Å². The molecule has 0 unspecified atom stereocenters. The van der Waals surface area contributed by atoms with Crippen LogP contribution in [-0.4, -0.2) is 41.7 Å².